The first kappa shape index (κ1) is 20.0. The summed E-state index contributed by atoms with van der Waals surface area (Å²) in [5.41, 5.74) is 6.14. The van der Waals surface area contributed by atoms with E-state index in [9.17, 15) is 4.79 Å². The Morgan fingerprint density at radius 3 is 2.54 bits per heavy atom. The van der Waals surface area contributed by atoms with Crippen LogP contribution in [0.5, 0.6) is 11.5 Å². The Labute approximate surface area is 160 Å². The lowest BCUT2D eigenvalue weighted by atomic mass is 10.2. The average molecular weight is 378 g/mol. The lowest BCUT2D eigenvalue weighted by Gasteiger charge is -2.15. The van der Waals surface area contributed by atoms with Crippen LogP contribution >= 0.6 is 12.2 Å². The largest absolute Gasteiger partial charge is 0.490 e. The van der Waals surface area contributed by atoms with Gasteiger partial charge in [-0.05, 0) is 62.7 Å². The van der Waals surface area contributed by atoms with Crippen molar-refractivity contribution >= 4 is 29.3 Å². The van der Waals surface area contributed by atoms with Gasteiger partial charge >= 0.3 is 0 Å². The summed E-state index contributed by atoms with van der Waals surface area (Å²) < 4.78 is 11.1. The van der Waals surface area contributed by atoms with Crippen LogP contribution in [0.3, 0.4) is 0 Å². The molecule has 0 atom stereocenters. The minimum absolute atomic E-state index is 0.285. The summed E-state index contributed by atoms with van der Waals surface area (Å²) in [5.74, 6) is 1.07. The van der Waals surface area contributed by atoms with Crippen LogP contribution in [0, 0.1) is 0 Å². The van der Waals surface area contributed by atoms with Gasteiger partial charge in [0.05, 0.1) is 13.2 Å². The van der Waals surface area contributed by atoms with Gasteiger partial charge in [0.2, 0.25) is 0 Å². The number of carbonyl (C=O) groups is 1. The van der Waals surface area contributed by atoms with Crippen LogP contribution in [0.4, 0.5) is 0 Å². The number of nitrogens with one attached hydrogen (secondary N) is 3. The second-order valence-electron chi connectivity index (χ2n) is 5.97. The molecule has 7 heteroatoms. The number of hydrogen-bond donors (Lipinski definition) is 3. The number of amides is 1. The van der Waals surface area contributed by atoms with Gasteiger partial charge < -0.3 is 14.8 Å². The first-order chi connectivity index (χ1) is 12.6. The molecule has 3 N–H and O–H groups in total. The molecule has 1 aliphatic carbocycles. The maximum Gasteiger partial charge on any atom is 0.262 e. The van der Waals surface area contributed by atoms with Gasteiger partial charge in [-0.2, -0.15) is 0 Å². The average Bonchev–Trinajstić information content (AvgIpc) is 3.13. The number of carbonyl (C=O) groups excluding carboxylic acids is 1. The van der Waals surface area contributed by atoms with Crippen molar-refractivity contribution in [3.8, 4) is 11.5 Å². The van der Waals surface area contributed by atoms with Crippen LogP contribution in [-0.2, 0) is 4.79 Å². The number of hydrazine groups is 1. The van der Waals surface area contributed by atoms with Crippen molar-refractivity contribution in [2.45, 2.75) is 45.6 Å². The van der Waals surface area contributed by atoms with E-state index in [2.05, 4.69) is 16.2 Å². The van der Waals surface area contributed by atoms with Gasteiger partial charge in [0.1, 0.15) is 0 Å². The molecule has 0 heterocycles. The van der Waals surface area contributed by atoms with E-state index in [-0.39, 0.29) is 5.91 Å². The quantitative estimate of drug-likeness (QED) is 0.386. The van der Waals surface area contributed by atoms with E-state index in [1.807, 2.05) is 32.0 Å². The third kappa shape index (κ3) is 6.55. The molecule has 1 fully saturated rings. The second kappa shape index (κ2) is 10.7. The fraction of sp³-hybridized carbons (Fsp3) is 0.474. The molecular formula is C19H27N3O3S. The first-order valence-corrected chi connectivity index (χ1v) is 9.47. The zero-order chi connectivity index (χ0) is 18.8. The second-order valence-corrected chi connectivity index (χ2v) is 6.38. The topological polar surface area (TPSA) is 71.6 Å². The van der Waals surface area contributed by atoms with Gasteiger partial charge in [-0.15, -0.1) is 0 Å². The normalized spacial score (nSPS) is 14.2. The number of ether oxygens (including phenoxy) is 2. The lowest BCUT2D eigenvalue weighted by molar-refractivity contribution is -0.116. The van der Waals surface area contributed by atoms with Gasteiger partial charge in [0.15, 0.2) is 16.6 Å². The summed E-state index contributed by atoms with van der Waals surface area (Å²) in [7, 11) is 0. The lowest BCUT2D eigenvalue weighted by Crippen LogP contribution is -2.48. The van der Waals surface area contributed by atoms with Gasteiger partial charge in [-0.3, -0.25) is 15.6 Å². The Morgan fingerprint density at radius 2 is 1.85 bits per heavy atom. The number of hydrogen-bond acceptors (Lipinski definition) is 4. The van der Waals surface area contributed by atoms with Crippen molar-refractivity contribution < 1.29 is 14.3 Å². The molecule has 1 saturated carbocycles. The van der Waals surface area contributed by atoms with E-state index >= 15 is 0 Å². The Hall–Kier alpha value is -2.28. The molecule has 0 spiro atoms. The van der Waals surface area contributed by atoms with E-state index in [4.69, 9.17) is 21.7 Å². The van der Waals surface area contributed by atoms with Gasteiger partial charge in [0, 0.05) is 12.1 Å². The predicted molar refractivity (Wildman–Crippen MR) is 107 cm³/mol. The number of rotatable bonds is 7. The molecule has 142 valence electrons. The fourth-order valence-electron chi connectivity index (χ4n) is 2.79. The fourth-order valence-corrected chi connectivity index (χ4v) is 3.01. The molecule has 1 aliphatic rings. The third-order valence-corrected chi connectivity index (χ3v) is 4.20. The molecule has 1 aromatic carbocycles. The molecular weight excluding hydrogens is 350 g/mol. The summed E-state index contributed by atoms with van der Waals surface area (Å²) >= 11 is 5.18. The Bertz CT molecular complexity index is 643. The summed E-state index contributed by atoms with van der Waals surface area (Å²) in [4.78, 5) is 11.9. The smallest absolute Gasteiger partial charge is 0.262 e. The molecule has 1 aromatic rings. The molecule has 0 aromatic heterocycles. The van der Waals surface area contributed by atoms with Crippen molar-refractivity contribution in [3.63, 3.8) is 0 Å². The van der Waals surface area contributed by atoms with E-state index in [1.54, 1.807) is 6.08 Å². The van der Waals surface area contributed by atoms with Crippen molar-refractivity contribution in [1.29, 1.82) is 0 Å². The zero-order valence-corrected chi connectivity index (χ0v) is 16.2. The molecule has 2 rings (SSSR count). The molecule has 0 radical (unpaired) electrons. The first-order valence-electron chi connectivity index (χ1n) is 9.06. The molecule has 0 bridgehead atoms. The summed E-state index contributed by atoms with van der Waals surface area (Å²) in [6.07, 6.45) is 7.84. The number of thiocarbonyl (C=S) groups is 1. The number of benzene rings is 1. The Kier molecular flexibility index (Phi) is 8.21. The van der Waals surface area contributed by atoms with Gasteiger partial charge in [-0.1, -0.05) is 18.9 Å². The van der Waals surface area contributed by atoms with E-state index < -0.39 is 0 Å². The van der Waals surface area contributed by atoms with Gasteiger partial charge in [0.25, 0.3) is 5.91 Å². The molecule has 0 unspecified atom stereocenters. The summed E-state index contributed by atoms with van der Waals surface area (Å²) in [6.45, 7) is 4.95. The maximum atomic E-state index is 11.9. The standard InChI is InChI=1S/C19H27N3O3S/c1-3-24-16-11-9-14(13-17(16)25-4-2)10-12-18(23)21-22-19(26)20-15-7-5-6-8-15/h9-13,15H,3-8H2,1-2H3,(H,21,23)(H2,20,22,26)/b12-10+. The van der Waals surface area contributed by atoms with E-state index in [0.29, 0.717) is 35.9 Å². The summed E-state index contributed by atoms with van der Waals surface area (Å²) in [6, 6.07) is 5.96. The Balaban J connectivity index is 1.84. The minimum Gasteiger partial charge on any atom is -0.490 e. The third-order valence-electron chi connectivity index (χ3n) is 3.98. The highest BCUT2D eigenvalue weighted by molar-refractivity contribution is 7.80. The van der Waals surface area contributed by atoms with Crippen LogP contribution in [0.15, 0.2) is 24.3 Å². The van der Waals surface area contributed by atoms with Crippen LogP contribution in [0.25, 0.3) is 6.08 Å². The Morgan fingerprint density at radius 1 is 1.15 bits per heavy atom. The molecule has 6 nitrogen and oxygen atoms in total. The van der Waals surface area contributed by atoms with Crippen LogP contribution in [0.2, 0.25) is 0 Å². The van der Waals surface area contributed by atoms with Crippen molar-refractivity contribution in [2.75, 3.05) is 13.2 Å². The monoisotopic (exact) mass is 377 g/mol. The van der Waals surface area contributed by atoms with Crippen LogP contribution in [0.1, 0.15) is 45.1 Å². The highest BCUT2D eigenvalue weighted by atomic mass is 32.1. The minimum atomic E-state index is -0.285. The van der Waals surface area contributed by atoms with Crippen molar-refractivity contribution in [2.24, 2.45) is 0 Å². The predicted octanol–water partition coefficient (Wildman–Crippen LogP) is 2.94. The van der Waals surface area contributed by atoms with E-state index in [1.165, 1.54) is 18.9 Å². The van der Waals surface area contributed by atoms with E-state index in [0.717, 1.165) is 18.4 Å². The molecule has 26 heavy (non-hydrogen) atoms. The van der Waals surface area contributed by atoms with Gasteiger partial charge in [-0.25, -0.2) is 0 Å². The van der Waals surface area contributed by atoms with Crippen molar-refractivity contribution in [1.82, 2.24) is 16.2 Å². The zero-order valence-electron chi connectivity index (χ0n) is 15.3. The molecule has 0 aliphatic heterocycles. The molecule has 0 saturated heterocycles. The SMILES string of the molecule is CCOc1ccc(/C=C/C(=O)NNC(=S)NC2CCCC2)cc1OCC. The molecule has 1 amide bonds. The summed E-state index contributed by atoms with van der Waals surface area (Å²) in [5, 5.41) is 3.64. The van der Waals surface area contributed by atoms with Crippen molar-refractivity contribution in [3.05, 3.63) is 29.8 Å². The van der Waals surface area contributed by atoms with Crippen LogP contribution in [-0.4, -0.2) is 30.3 Å². The highest BCUT2D eigenvalue weighted by Gasteiger charge is 2.15. The maximum absolute atomic E-state index is 11.9. The highest BCUT2D eigenvalue weighted by Crippen LogP contribution is 2.28. The van der Waals surface area contributed by atoms with Crippen LogP contribution < -0.4 is 25.6 Å².